The van der Waals surface area contributed by atoms with Crippen molar-refractivity contribution in [1.82, 2.24) is 10.2 Å². The normalized spacial score (nSPS) is 18.0. The van der Waals surface area contributed by atoms with Gasteiger partial charge >= 0.3 is 0 Å². The number of rotatable bonds is 7. The Kier molecular flexibility index (Phi) is 7.05. The fraction of sp³-hybridized carbons (Fsp3) is 0.650. The van der Waals surface area contributed by atoms with Crippen LogP contribution in [0.15, 0.2) is 17.1 Å². The summed E-state index contributed by atoms with van der Waals surface area (Å²) in [5.41, 5.74) is 2.97. The number of nitrogens with one attached hydrogen (secondary N) is 1. The molecule has 146 valence electrons. The van der Waals surface area contributed by atoms with Crippen molar-refractivity contribution < 1.29 is 9.47 Å². The van der Waals surface area contributed by atoms with Crippen LogP contribution in [-0.2, 0) is 6.54 Å². The van der Waals surface area contributed by atoms with Crippen LogP contribution in [0.3, 0.4) is 0 Å². The molecule has 0 heterocycles. The molecule has 2 saturated carbocycles. The molecule has 1 N–H and O–H groups in total. The predicted octanol–water partition coefficient (Wildman–Crippen LogP) is 3.83. The van der Waals surface area contributed by atoms with E-state index in [4.69, 9.17) is 9.47 Å². The van der Waals surface area contributed by atoms with Gasteiger partial charge in [-0.3, -0.25) is 4.99 Å². The van der Waals surface area contributed by atoms with Gasteiger partial charge in [0.05, 0.1) is 14.2 Å². The number of hydrogen-bond acceptors (Lipinski definition) is 3. The molecule has 1 aromatic rings. The molecular weight excluding hydrogens is 441 g/mol. The summed E-state index contributed by atoms with van der Waals surface area (Å²) in [6.45, 7) is 3.94. The Morgan fingerprint density at radius 2 is 1.85 bits per heavy atom. The SMILES string of the molecule is CN=C(NCC1(C2CC2)CC1)N(C)Cc1cc(OC)c(OC)cc1C.I. The molecule has 3 rings (SSSR count). The van der Waals surface area contributed by atoms with Gasteiger partial charge in [0.15, 0.2) is 17.5 Å². The Morgan fingerprint density at radius 1 is 1.23 bits per heavy atom. The fourth-order valence-corrected chi connectivity index (χ4v) is 3.75. The van der Waals surface area contributed by atoms with Crippen LogP contribution in [0.5, 0.6) is 11.5 Å². The van der Waals surface area contributed by atoms with E-state index < -0.39 is 0 Å². The predicted molar refractivity (Wildman–Crippen MR) is 117 cm³/mol. The highest BCUT2D eigenvalue weighted by Crippen LogP contribution is 2.60. The monoisotopic (exact) mass is 473 g/mol. The first-order valence-corrected chi connectivity index (χ1v) is 9.16. The third kappa shape index (κ3) is 4.56. The van der Waals surface area contributed by atoms with E-state index in [2.05, 4.69) is 35.2 Å². The highest BCUT2D eigenvalue weighted by Gasteiger charge is 2.53. The van der Waals surface area contributed by atoms with E-state index in [0.717, 1.165) is 36.5 Å². The second kappa shape index (κ2) is 8.67. The molecular formula is C20H32IN3O2. The van der Waals surface area contributed by atoms with Gasteiger partial charge in [0, 0.05) is 27.2 Å². The van der Waals surface area contributed by atoms with Gasteiger partial charge < -0.3 is 19.7 Å². The number of benzene rings is 1. The Hall–Kier alpha value is -1.18. The molecule has 2 aliphatic rings. The zero-order chi connectivity index (χ0) is 18.0. The zero-order valence-electron chi connectivity index (χ0n) is 16.6. The van der Waals surface area contributed by atoms with Crippen molar-refractivity contribution in [1.29, 1.82) is 0 Å². The first kappa shape index (κ1) is 21.1. The summed E-state index contributed by atoms with van der Waals surface area (Å²) in [5.74, 6) is 3.46. The lowest BCUT2D eigenvalue weighted by atomic mass is 10.0. The van der Waals surface area contributed by atoms with Crippen LogP contribution >= 0.6 is 24.0 Å². The van der Waals surface area contributed by atoms with E-state index >= 15 is 0 Å². The number of hydrogen-bond donors (Lipinski definition) is 1. The van der Waals surface area contributed by atoms with Gasteiger partial charge in [-0.1, -0.05) is 0 Å². The van der Waals surface area contributed by atoms with Crippen molar-refractivity contribution in [2.75, 3.05) is 34.9 Å². The van der Waals surface area contributed by atoms with Crippen LogP contribution < -0.4 is 14.8 Å². The van der Waals surface area contributed by atoms with Crippen molar-refractivity contribution >= 4 is 29.9 Å². The quantitative estimate of drug-likeness (QED) is 0.372. The Bertz CT molecular complexity index is 655. The van der Waals surface area contributed by atoms with Gasteiger partial charge in [0.1, 0.15) is 0 Å². The summed E-state index contributed by atoms with van der Waals surface area (Å²) in [6, 6.07) is 4.09. The summed E-state index contributed by atoms with van der Waals surface area (Å²) in [6.07, 6.45) is 5.59. The number of aryl methyl sites for hydroxylation is 1. The van der Waals surface area contributed by atoms with E-state index in [-0.39, 0.29) is 24.0 Å². The number of aliphatic imine (C=N–C) groups is 1. The number of halogens is 1. The molecule has 0 bridgehead atoms. The van der Waals surface area contributed by atoms with Gasteiger partial charge in [-0.15, -0.1) is 24.0 Å². The van der Waals surface area contributed by atoms with Crippen molar-refractivity contribution in [3.05, 3.63) is 23.3 Å². The summed E-state index contributed by atoms with van der Waals surface area (Å²) < 4.78 is 10.8. The molecule has 5 nitrogen and oxygen atoms in total. The Balaban J connectivity index is 0.00000243. The van der Waals surface area contributed by atoms with Crippen molar-refractivity contribution in [2.45, 2.75) is 39.2 Å². The van der Waals surface area contributed by atoms with E-state index in [1.165, 1.54) is 36.8 Å². The highest BCUT2D eigenvalue weighted by atomic mass is 127. The Labute approximate surface area is 174 Å². The topological polar surface area (TPSA) is 46.1 Å². The van der Waals surface area contributed by atoms with Crippen LogP contribution in [0.4, 0.5) is 0 Å². The zero-order valence-corrected chi connectivity index (χ0v) is 18.9. The molecule has 0 unspecified atom stereocenters. The number of guanidine groups is 1. The number of methoxy groups -OCH3 is 2. The van der Waals surface area contributed by atoms with Gasteiger partial charge in [0.2, 0.25) is 0 Å². The lowest BCUT2D eigenvalue weighted by Gasteiger charge is -2.25. The maximum atomic E-state index is 5.44. The van der Waals surface area contributed by atoms with E-state index in [1.54, 1.807) is 14.2 Å². The molecule has 0 radical (unpaired) electrons. The van der Waals surface area contributed by atoms with Gasteiger partial charge in [-0.05, 0) is 67.2 Å². The van der Waals surface area contributed by atoms with Crippen molar-refractivity contribution in [3.8, 4) is 11.5 Å². The van der Waals surface area contributed by atoms with E-state index in [1.807, 2.05) is 13.1 Å². The maximum absolute atomic E-state index is 5.44. The van der Waals surface area contributed by atoms with E-state index in [9.17, 15) is 0 Å². The molecule has 0 saturated heterocycles. The lowest BCUT2D eigenvalue weighted by Crippen LogP contribution is -2.41. The minimum Gasteiger partial charge on any atom is -0.493 e. The van der Waals surface area contributed by atoms with Crippen LogP contribution in [-0.4, -0.2) is 45.7 Å². The molecule has 0 aliphatic heterocycles. The fourth-order valence-electron chi connectivity index (χ4n) is 3.75. The van der Waals surface area contributed by atoms with Gasteiger partial charge in [-0.2, -0.15) is 0 Å². The Morgan fingerprint density at radius 3 is 2.35 bits per heavy atom. The summed E-state index contributed by atoms with van der Waals surface area (Å²) in [5, 5.41) is 3.60. The van der Waals surface area contributed by atoms with Crippen LogP contribution in [0.2, 0.25) is 0 Å². The van der Waals surface area contributed by atoms with Gasteiger partial charge in [0.25, 0.3) is 0 Å². The van der Waals surface area contributed by atoms with Crippen molar-refractivity contribution in [3.63, 3.8) is 0 Å². The second-order valence-corrected chi connectivity index (χ2v) is 7.53. The van der Waals surface area contributed by atoms with Crippen LogP contribution in [0.1, 0.15) is 36.8 Å². The molecule has 1 aromatic carbocycles. The average Bonchev–Trinajstić information content (AvgIpc) is 3.49. The van der Waals surface area contributed by atoms with Gasteiger partial charge in [-0.25, -0.2) is 0 Å². The average molecular weight is 473 g/mol. The molecule has 0 spiro atoms. The maximum Gasteiger partial charge on any atom is 0.193 e. The van der Waals surface area contributed by atoms with Crippen molar-refractivity contribution in [2.24, 2.45) is 16.3 Å². The number of ether oxygens (including phenoxy) is 2. The molecule has 26 heavy (non-hydrogen) atoms. The molecule has 6 heteroatoms. The third-order valence-electron chi connectivity index (χ3n) is 5.76. The smallest absolute Gasteiger partial charge is 0.193 e. The minimum atomic E-state index is 0. The molecule has 0 aromatic heterocycles. The van der Waals surface area contributed by atoms with Crippen LogP contribution in [0, 0.1) is 18.3 Å². The summed E-state index contributed by atoms with van der Waals surface area (Å²) in [4.78, 5) is 6.65. The second-order valence-electron chi connectivity index (χ2n) is 7.53. The van der Waals surface area contributed by atoms with Crippen LogP contribution in [0.25, 0.3) is 0 Å². The summed E-state index contributed by atoms with van der Waals surface area (Å²) in [7, 11) is 7.29. The molecule has 0 amide bonds. The first-order valence-electron chi connectivity index (χ1n) is 9.16. The molecule has 0 atom stereocenters. The third-order valence-corrected chi connectivity index (χ3v) is 5.76. The standard InChI is InChI=1S/C20H31N3O2.HI/c1-14-10-17(24-4)18(25-5)11-15(14)12-23(3)19(21-2)22-13-20(8-9-20)16-6-7-16;/h10-11,16H,6-9,12-13H2,1-5H3,(H,21,22);1H. The largest absolute Gasteiger partial charge is 0.493 e. The lowest BCUT2D eigenvalue weighted by molar-refractivity contribution is 0.353. The summed E-state index contributed by atoms with van der Waals surface area (Å²) >= 11 is 0. The van der Waals surface area contributed by atoms with E-state index in [0.29, 0.717) is 5.41 Å². The minimum absolute atomic E-state index is 0. The number of nitrogens with zero attached hydrogens (tertiary/aromatic N) is 2. The highest BCUT2D eigenvalue weighted by molar-refractivity contribution is 14.0. The first-order chi connectivity index (χ1) is 12.0. The molecule has 2 aliphatic carbocycles. The molecule has 2 fully saturated rings.